The van der Waals surface area contributed by atoms with Gasteiger partial charge in [0.2, 0.25) is 0 Å². The Labute approximate surface area is 206 Å². The average Bonchev–Trinajstić information content (AvgIpc) is 2.91. The fraction of sp³-hybridized carbons (Fsp3) is 0.481. The largest absolute Gasteiger partial charge is 0.490 e. The standard InChI is InChI=1S/C27H34N2O6/c1-3-28(18-21-9-8-10-23-26(21)34-16-15-33-23)27(31)20-11-12-22(24(17-20)32-4-2)35-19-25(30)29-13-6-5-7-14-29/h8-12,17H,3-7,13-16,18-19H2,1-2H3. The van der Waals surface area contributed by atoms with Crippen LogP contribution in [0.5, 0.6) is 23.0 Å². The van der Waals surface area contributed by atoms with Crippen LogP contribution >= 0.6 is 0 Å². The van der Waals surface area contributed by atoms with Crippen LogP contribution in [0.3, 0.4) is 0 Å². The second kappa shape index (κ2) is 11.8. The summed E-state index contributed by atoms with van der Waals surface area (Å²) in [6.45, 7) is 7.67. The Balaban J connectivity index is 1.46. The normalized spacial score (nSPS) is 14.9. The maximum atomic E-state index is 13.4. The lowest BCUT2D eigenvalue weighted by atomic mass is 10.1. The summed E-state index contributed by atoms with van der Waals surface area (Å²) in [7, 11) is 0. The van der Waals surface area contributed by atoms with Crippen LogP contribution in [-0.4, -0.2) is 67.7 Å². The van der Waals surface area contributed by atoms with Crippen LogP contribution in [0.15, 0.2) is 36.4 Å². The summed E-state index contributed by atoms with van der Waals surface area (Å²) in [6.07, 6.45) is 3.23. The van der Waals surface area contributed by atoms with Crippen molar-refractivity contribution in [3.63, 3.8) is 0 Å². The fourth-order valence-electron chi connectivity index (χ4n) is 4.38. The Morgan fingerprint density at radius 2 is 1.77 bits per heavy atom. The molecule has 35 heavy (non-hydrogen) atoms. The van der Waals surface area contributed by atoms with Gasteiger partial charge in [-0.3, -0.25) is 9.59 Å². The van der Waals surface area contributed by atoms with Crippen molar-refractivity contribution < 1.29 is 28.5 Å². The van der Waals surface area contributed by atoms with Gasteiger partial charge in [-0.05, 0) is 57.4 Å². The topological polar surface area (TPSA) is 77.5 Å². The highest BCUT2D eigenvalue weighted by atomic mass is 16.6. The number of carbonyl (C=O) groups excluding carboxylic acids is 2. The summed E-state index contributed by atoms with van der Waals surface area (Å²) >= 11 is 0. The molecule has 0 unspecified atom stereocenters. The minimum atomic E-state index is -0.126. The molecule has 8 nitrogen and oxygen atoms in total. The third-order valence-electron chi connectivity index (χ3n) is 6.23. The van der Waals surface area contributed by atoms with Crippen LogP contribution in [0.25, 0.3) is 0 Å². The molecule has 2 aromatic rings. The van der Waals surface area contributed by atoms with Crippen LogP contribution in [0.4, 0.5) is 0 Å². The van der Waals surface area contributed by atoms with Crippen LogP contribution in [0, 0.1) is 0 Å². The van der Waals surface area contributed by atoms with E-state index in [-0.39, 0.29) is 18.4 Å². The number of fused-ring (bicyclic) bond motifs is 1. The molecule has 2 heterocycles. The van der Waals surface area contributed by atoms with Crippen LogP contribution < -0.4 is 18.9 Å². The van der Waals surface area contributed by atoms with E-state index >= 15 is 0 Å². The lowest BCUT2D eigenvalue weighted by Crippen LogP contribution is -2.38. The van der Waals surface area contributed by atoms with Gasteiger partial charge in [0.15, 0.2) is 29.6 Å². The molecule has 1 fully saturated rings. The number of amides is 2. The summed E-state index contributed by atoms with van der Waals surface area (Å²) in [4.78, 5) is 29.5. The lowest BCUT2D eigenvalue weighted by Gasteiger charge is -2.27. The molecular formula is C27H34N2O6. The molecule has 0 bridgehead atoms. The lowest BCUT2D eigenvalue weighted by molar-refractivity contribution is -0.134. The highest BCUT2D eigenvalue weighted by Gasteiger charge is 2.22. The van der Waals surface area contributed by atoms with Crippen molar-refractivity contribution >= 4 is 11.8 Å². The van der Waals surface area contributed by atoms with Crippen LogP contribution in [0.1, 0.15) is 49.0 Å². The van der Waals surface area contributed by atoms with Gasteiger partial charge in [0.25, 0.3) is 11.8 Å². The number of hydrogen-bond donors (Lipinski definition) is 0. The number of piperidine rings is 1. The average molecular weight is 483 g/mol. The number of carbonyl (C=O) groups is 2. The molecule has 4 rings (SSSR count). The third kappa shape index (κ3) is 5.99. The molecular weight excluding hydrogens is 448 g/mol. The number of nitrogens with zero attached hydrogens (tertiary/aromatic N) is 2. The molecule has 0 atom stereocenters. The molecule has 0 radical (unpaired) electrons. The van der Waals surface area contributed by atoms with Crippen LogP contribution in [-0.2, 0) is 11.3 Å². The molecule has 0 saturated carbocycles. The van der Waals surface area contributed by atoms with E-state index in [2.05, 4.69) is 0 Å². The first-order chi connectivity index (χ1) is 17.1. The highest BCUT2D eigenvalue weighted by Crippen LogP contribution is 2.35. The second-order valence-electron chi connectivity index (χ2n) is 8.59. The van der Waals surface area contributed by atoms with Crippen LogP contribution in [0.2, 0.25) is 0 Å². The molecule has 2 aromatic carbocycles. The van der Waals surface area contributed by atoms with E-state index < -0.39 is 0 Å². The SMILES string of the molecule is CCOc1cc(C(=O)N(CC)Cc2cccc3c2OCCO3)ccc1OCC(=O)N1CCCCC1. The van der Waals surface area contributed by atoms with Crippen molar-refractivity contribution in [1.29, 1.82) is 0 Å². The van der Waals surface area contributed by atoms with Crippen molar-refractivity contribution in [3.8, 4) is 23.0 Å². The third-order valence-corrected chi connectivity index (χ3v) is 6.23. The molecule has 0 spiro atoms. The molecule has 2 aliphatic heterocycles. The van der Waals surface area contributed by atoms with Crippen molar-refractivity contribution in [2.75, 3.05) is 46.1 Å². The van der Waals surface area contributed by atoms with Gasteiger partial charge in [-0.15, -0.1) is 0 Å². The first kappa shape index (κ1) is 24.7. The number of likely N-dealkylation sites (tertiary alicyclic amines) is 1. The smallest absolute Gasteiger partial charge is 0.260 e. The summed E-state index contributed by atoms with van der Waals surface area (Å²) in [5.74, 6) is 2.16. The number of ether oxygens (including phenoxy) is 4. The molecule has 8 heteroatoms. The summed E-state index contributed by atoms with van der Waals surface area (Å²) in [6, 6.07) is 10.8. The fourth-order valence-corrected chi connectivity index (χ4v) is 4.38. The predicted molar refractivity (Wildman–Crippen MR) is 131 cm³/mol. The minimum absolute atomic E-state index is 0.0261. The molecule has 2 aliphatic rings. The van der Waals surface area contributed by atoms with Gasteiger partial charge >= 0.3 is 0 Å². The molecule has 0 N–H and O–H groups in total. The first-order valence-corrected chi connectivity index (χ1v) is 12.4. The summed E-state index contributed by atoms with van der Waals surface area (Å²) < 4.78 is 23.1. The van der Waals surface area contributed by atoms with Crippen molar-refractivity contribution in [1.82, 2.24) is 9.80 Å². The van der Waals surface area contributed by atoms with Gasteiger partial charge in [0.05, 0.1) is 6.61 Å². The van der Waals surface area contributed by atoms with Crippen molar-refractivity contribution in [2.45, 2.75) is 39.7 Å². The van der Waals surface area contributed by atoms with Gasteiger partial charge in [0.1, 0.15) is 13.2 Å². The molecule has 0 aromatic heterocycles. The predicted octanol–water partition coefficient (Wildman–Crippen LogP) is 3.91. The van der Waals surface area contributed by atoms with E-state index in [9.17, 15) is 9.59 Å². The van der Waals surface area contributed by atoms with Gasteiger partial charge in [-0.25, -0.2) is 0 Å². The van der Waals surface area contributed by atoms with Gasteiger partial charge in [-0.2, -0.15) is 0 Å². The van der Waals surface area contributed by atoms with Crippen molar-refractivity contribution in [2.24, 2.45) is 0 Å². The van der Waals surface area contributed by atoms with E-state index in [1.807, 2.05) is 36.9 Å². The van der Waals surface area contributed by atoms with Gasteiger partial charge in [0, 0.05) is 37.3 Å². The maximum Gasteiger partial charge on any atom is 0.260 e. The first-order valence-electron chi connectivity index (χ1n) is 12.4. The Hall–Kier alpha value is -3.42. The zero-order chi connectivity index (χ0) is 24.6. The summed E-state index contributed by atoms with van der Waals surface area (Å²) in [5.41, 5.74) is 1.39. The highest BCUT2D eigenvalue weighted by molar-refractivity contribution is 5.95. The van der Waals surface area contributed by atoms with Gasteiger partial charge < -0.3 is 28.7 Å². The Bertz CT molecular complexity index is 1030. The van der Waals surface area contributed by atoms with Crippen molar-refractivity contribution in [3.05, 3.63) is 47.5 Å². The Morgan fingerprint density at radius 1 is 0.971 bits per heavy atom. The minimum Gasteiger partial charge on any atom is -0.490 e. The number of rotatable bonds is 9. The Kier molecular flexibility index (Phi) is 8.34. The van der Waals surface area contributed by atoms with Gasteiger partial charge in [-0.1, -0.05) is 12.1 Å². The Morgan fingerprint density at radius 3 is 2.54 bits per heavy atom. The second-order valence-corrected chi connectivity index (χ2v) is 8.59. The maximum absolute atomic E-state index is 13.4. The zero-order valence-electron chi connectivity index (χ0n) is 20.6. The molecule has 188 valence electrons. The molecule has 1 saturated heterocycles. The summed E-state index contributed by atoms with van der Waals surface area (Å²) in [5, 5.41) is 0. The number of benzene rings is 2. The van der Waals surface area contributed by atoms with E-state index in [1.165, 1.54) is 0 Å². The van der Waals surface area contributed by atoms with E-state index in [1.54, 1.807) is 23.1 Å². The van der Waals surface area contributed by atoms with E-state index in [0.717, 1.165) is 37.9 Å². The zero-order valence-corrected chi connectivity index (χ0v) is 20.6. The van der Waals surface area contributed by atoms with E-state index in [0.29, 0.717) is 61.5 Å². The quantitative estimate of drug-likeness (QED) is 0.539. The molecule has 2 amide bonds. The number of para-hydroxylation sites is 1. The molecule has 0 aliphatic carbocycles. The number of hydrogen-bond acceptors (Lipinski definition) is 6. The van der Waals surface area contributed by atoms with E-state index in [4.69, 9.17) is 18.9 Å². The monoisotopic (exact) mass is 482 g/mol.